The minimum atomic E-state index is -2.02. The third-order valence-electron chi connectivity index (χ3n) is 3.01. The summed E-state index contributed by atoms with van der Waals surface area (Å²) in [5.74, 6) is -0.766. The molecule has 0 aliphatic carbocycles. The first-order valence-electron chi connectivity index (χ1n) is 6.89. The number of carboxylic acid groups (broad SMARTS) is 1. The molecule has 18 heavy (non-hydrogen) atoms. The largest absolute Gasteiger partial charge is 0.478 e. The zero-order valence-electron chi connectivity index (χ0n) is 12.7. The van der Waals surface area contributed by atoms with Crippen LogP contribution in [0.2, 0.25) is 26.2 Å². The summed E-state index contributed by atoms with van der Waals surface area (Å²) in [5, 5.41) is 10.5. The second-order valence-corrected chi connectivity index (χ2v) is 12.1. The molecule has 0 atom stereocenters. The van der Waals surface area contributed by atoms with Gasteiger partial charge in [-0.05, 0) is 44.2 Å². The van der Waals surface area contributed by atoms with Gasteiger partial charge in [-0.25, -0.2) is 4.79 Å². The lowest BCUT2D eigenvalue weighted by atomic mass is 10.1. The molecule has 106 valence electrons. The molecule has 0 aromatic rings. The molecule has 1 N–H and O–H groups in total. The maximum atomic E-state index is 11.4. The Balaban J connectivity index is 5.38. The molecule has 0 saturated carbocycles. The van der Waals surface area contributed by atoms with Crippen LogP contribution in [-0.2, 0) is 8.91 Å². The molecule has 0 unspecified atom stereocenters. The summed E-state index contributed by atoms with van der Waals surface area (Å²) in [5.41, 5.74) is 0.592. The van der Waals surface area contributed by atoms with Gasteiger partial charge < -0.3 is 9.22 Å². The fourth-order valence-electron chi connectivity index (χ4n) is 2.32. The third kappa shape index (κ3) is 5.50. The van der Waals surface area contributed by atoms with Crippen LogP contribution in [0.15, 0.2) is 10.8 Å². The van der Waals surface area contributed by atoms with Crippen molar-refractivity contribution in [2.45, 2.75) is 65.7 Å². The highest BCUT2D eigenvalue weighted by molar-refractivity contribution is 6.84. The SMILES string of the molecule is CCCCC(=C(CC)C(=O)O)[Si](C)(C)O[SiH](C)C. The molecule has 0 aliphatic heterocycles. The Morgan fingerprint density at radius 1 is 1.28 bits per heavy atom. The van der Waals surface area contributed by atoms with Crippen molar-refractivity contribution in [1.29, 1.82) is 0 Å². The van der Waals surface area contributed by atoms with Crippen molar-refractivity contribution in [3.05, 3.63) is 10.8 Å². The van der Waals surface area contributed by atoms with E-state index in [0.717, 1.165) is 24.5 Å². The Kier molecular flexibility index (Phi) is 7.74. The van der Waals surface area contributed by atoms with Crippen LogP contribution in [0.3, 0.4) is 0 Å². The maximum absolute atomic E-state index is 11.4. The van der Waals surface area contributed by atoms with E-state index in [9.17, 15) is 9.90 Å². The van der Waals surface area contributed by atoms with E-state index < -0.39 is 23.3 Å². The fourth-order valence-corrected chi connectivity index (χ4v) is 9.40. The van der Waals surface area contributed by atoms with E-state index in [1.807, 2.05) is 6.92 Å². The molecule has 0 saturated heterocycles. The van der Waals surface area contributed by atoms with Crippen molar-refractivity contribution in [2.24, 2.45) is 0 Å². The van der Waals surface area contributed by atoms with Crippen LogP contribution in [0.5, 0.6) is 0 Å². The van der Waals surface area contributed by atoms with Crippen LogP contribution >= 0.6 is 0 Å². The predicted molar refractivity (Wildman–Crippen MR) is 81.9 cm³/mol. The number of carboxylic acids is 1. The molecule has 3 nitrogen and oxygen atoms in total. The molecule has 0 aliphatic rings. The van der Waals surface area contributed by atoms with Gasteiger partial charge in [-0.1, -0.05) is 26.7 Å². The molecule has 0 heterocycles. The number of rotatable bonds is 8. The van der Waals surface area contributed by atoms with Crippen LogP contribution in [0.1, 0.15) is 39.5 Å². The summed E-state index contributed by atoms with van der Waals surface area (Å²) in [6, 6.07) is 0. The highest BCUT2D eigenvalue weighted by Crippen LogP contribution is 2.27. The number of aliphatic carboxylic acids is 1. The Hall–Kier alpha value is -0.396. The van der Waals surface area contributed by atoms with Crippen molar-refractivity contribution < 1.29 is 14.0 Å². The van der Waals surface area contributed by atoms with E-state index in [2.05, 4.69) is 33.1 Å². The normalized spacial score (nSPS) is 13.7. The minimum Gasteiger partial charge on any atom is -0.478 e. The minimum absolute atomic E-state index is 0.591. The number of hydrogen-bond acceptors (Lipinski definition) is 2. The van der Waals surface area contributed by atoms with Crippen LogP contribution in [0, 0.1) is 0 Å². The summed E-state index contributed by atoms with van der Waals surface area (Å²) in [6.45, 7) is 12.6. The lowest BCUT2D eigenvalue weighted by Crippen LogP contribution is -2.39. The van der Waals surface area contributed by atoms with Gasteiger partial charge in [-0.15, -0.1) is 0 Å². The lowest BCUT2D eigenvalue weighted by Gasteiger charge is -2.30. The smallest absolute Gasteiger partial charge is 0.331 e. The third-order valence-corrected chi connectivity index (χ3v) is 9.26. The summed E-state index contributed by atoms with van der Waals surface area (Å²) >= 11 is 0. The van der Waals surface area contributed by atoms with Crippen molar-refractivity contribution >= 4 is 23.3 Å². The molecule has 0 spiro atoms. The van der Waals surface area contributed by atoms with Crippen molar-refractivity contribution in [3.63, 3.8) is 0 Å². The van der Waals surface area contributed by atoms with Gasteiger partial charge in [-0.2, -0.15) is 0 Å². The second kappa shape index (κ2) is 7.91. The average molecular weight is 289 g/mol. The van der Waals surface area contributed by atoms with Gasteiger partial charge in [0.1, 0.15) is 0 Å². The number of hydrogen-bond donors (Lipinski definition) is 1. The summed E-state index contributed by atoms with van der Waals surface area (Å²) in [6.07, 6.45) is 3.61. The van der Waals surface area contributed by atoms with E-state index in [1.165, 1.54) is 0 Å². The zero-order valence-corrected chi connectivity index (χ0v) is 14.8. The predicted octanol–water partition coefficient (Wildman–Crippen LogP) is 3.71. The van der Waals surface area contributed by atoms with E-state index in [4.69, 9.17) is 4.12 Å². The van der Waals surface area contributed by atoms with Crippen molar-refractivity contribution in [3.8, 4) is 0 Å². The van der Waals surface area contributed by atoms with Gasteiger partial charge in [0, 0.05) is 5.57 Å². The molecule has 5 heteroatoms. The van der Waals surface area contributed by atoms with E-state index >= 15 is 0 Å². The molecular weight excluding hydrogens is 260 g/mol. The van der Waals surface area contributed by atoms with Crippen molar-refractivity contribution in [1.82, 2.24) is 0 Å². The summed E-state index contributed by atoms with van der Waals surface area (Å²) in [4.78, 5) is 11.4. The zero-order chi connectivity index (χ0) is 14.3. The molecular formula is C13H28O3Si2. The number of unbranched alkanes of at least 4 members (excludes halogenated alkanes) is 1. The van der Waals surface area contributed by atoms with Gasteiger partial charge in [-0.3, -0.25) is 0 Å². The highest BCUT2D eigenvalue weighted by atomic mass is 28.4. The second-order valence-electron chi connectivity index (χ2n) is 5.40. The monoisotopic (exact) mass is 288 g/mol. The van der Waals surface area contributed by atoms with Gasteiger partial charge in [0.2, 0.25) is 8.32 Å². The van der Waals surface area contributed by atoms with Gasteiger partial charge in [0.05, 0.1) is 0 Å². The fraction of sp³-hybridized carbons (Fsp3) is 0.769. The Labute approximate surface area is 114 Å². The standard InChI is InChI=1S/C13H28O3Si2/c1-7-9-10-12(11(8-2)13(14)15)18(5,6)16-17(3)4/h17H,7-10H2,1-6H3,(H,14,15). The first-order valence-corrected chi connectivity index (χ1v) is 12.6. The quantitative estimate of drug-likeness (QED) is 0.547. The lowest BCUT2D eigenvalue weighted by molar-refractivity contribution is -0.132. The molecule has 0 radical (unpaired) electrons. The van der Waals surface area contributed by atoms with Gasteiger partial charge >= 0.3 is 5.97 Å². The molecule has 0 aromatic carbocycles. The van der Waals surface area contributed by atoms with E-state index in [-0.39, 0.29) is 0 Å². The average Bonchev–Trinajstić information content (AvgIpc) is 2.21. The van der Waals surface area contributed by atoms with E-state index in [0.29, 0.717) is 12.0 Å². The maximum Gasteiger partial charge on any atom is 0.331 e. The Morgan fingerprint density at radius 3 is 2.17 bits per heavy atom. The van der Waals surface area contributed by atoms with Crippen LogP contribution in [-0.4, -0.2) is 28.4 Å². The first-order chi connectivity index (χ1) is 8.26. The topological polar surface area (TPSA) is 46.5 Å². The Morgan fingerprint density at radius 2 is 1.83 bits per heavy atom. The highest BCUT2D eigenvalue weighted by Gasteiger charge is 2.32. The molecule has 0 rings (SSSR count). The van der Waals surface area contributed by atoms with Crippen molar-refractivity contribution in [2.75, 3.05) is 0 Å². The van der Waals surface area contributed by atoms with Gasteiger partial charge in [0.15, 0.2) is 9.04 Å². The molecule has 0 bridgehead atoms. The number of carbonyl (C=O) groups is 1. The molecule has 0 fully saturated rings. The van der Waals surface area contributed by atoms with Crippen LogP contribution < -0.4 is 0 Å². The van der Waals surface area contributed by atoms with Crippen LogP contribution in [0.4, 0.5) is 0 Å². The number of allylic oxidation sites excluding steroid dienone is 1. The van der Waals surface area contributed by atoms with E-state index in [1.54, 1.807) is 0 Å². The van der Waals surface area contributed by atoms with Gasteiger partial charge in [0.25, 0.3) is 0 Å². The van der Waals surface area contributed by atoms with Crippen LogP contribution in [0.25, 0.3) is 0 Å². The molecule has 0 amide bonds. The summed E-state index contributed by atoms with van der Waals surface area (Å²) < 4.78 is 6.19. The molecule has 0 aromatic heterocycles. The summed E-state index contributed by atoms with van der Waals surface area (Å²) in [7, 11) is -3.15. The Bertz CT molecular complexity index is 309. The first kappa shape index (κ1) is 17.6.